The van der Waals surface area contributed by atoms with Crippen molar-refractivity contribution in [1.82, 2.24) is 10.0 Å². The summed E-state index contributed by atoms with van der Waals surface area (Å²) in [5.74, 6) is -0.301. The fraction of sp³-hybridized carbons (Fsp3) is 0.571. The summed E-state index contributed by atoms with van der Waals surface area (Å²) in [4.78, 5) is 0.0155. The maximum Gasteiger partial charge on any atom is 0.241 e. The SMILES string of the molecule is CCNCc1ccc(F)cc1S(=O)(=O)NCC(C)CC. The quantitative estimate of drug-likeness (QED) is 0.774. The molecule has 4 nitrogen and oxygen atoms in total. The fourth-order valence-electron chi connectivity index (χ4n) is 1.66. The van der Waals surface area contributed by atoms with Crippen LogP contribution in [0.3, 0.4) is 0 Å². The first-order valence-electron chi connectivity index (χ1n) is 6.89. The Hall–Kier alpha value is -0.980. The van der Waals surface area contributed by atoms with Crippen molar-refractivity contribution in [3.05, 3.63) is 29.6 Å². The topological polar surface area (TPSA) is 58.2 Å². The van der Waals surface area contributed by atoms with Gasteiger partial charge in [-0.25, -0.2) is 17.5 Å². The van der Waals surface area contributed by atoms with E-state index in [2.05, 4.69) is 10.0 Å². The molecule has 20 heavy (non-hydrogen) atoms. The van der Waals surface area contributed by atoms with E-state index in [0.29, 0.717) is 18.7 Å². The van der Waals surface area contributed by atoms with E-state index in [1.54, 1.807) is 0 Å². The van der Waals surface area contributed by atoms with Gasteiger partial charge >= 0.3 is 0 Å². The molecule has 0 heterocycles. The Balaban J connectivity index is 2.99. The maximum atomic E-state index is 13.4. The molecule has 1 unspecified atom stereocenters. The van der Waals surface area contributed by atoms with Gasteiger partial charge in [0.25, 0.3) is 0 Å². The summed E-state index contributed by atoms with van der Waals surface area (Å²) in [5.41, 5.74) is 0.574. The Morgan fingerprint density at radius 2 is 2.00 bits per heavy atom. The van der Waals surface area contributed by atoms with Crippen molar-refractivity contribution in [3.8, 4) is 0 Å². The summed E-state index contributed by atoms with van der Waals surface area (Å²) in [6.45, 7) is 7.37. The Labute approximate surface area is 120 Å². The number of hydrogen-bond donors (Lipinski definition) is 2. The molecule has 0 fully saturated rings. The summed E-state index contributed by atoms with van der Waals surface area (Å²) in [6.07, 6.45) is 0.885. The van der Waals surface area contributed by atoms with Gasteiger partial charge in [0.15, 0.2) is 0 Å². The van der Waals surface area contributed by atoms with Crippen LogP contribution in [0.1, 0.15) is 32.8 Å². The molecule has 0 saturated heterocycles. The first kappa shape index (κ1) is 17.1. The van der Waals surface area contributed by atoms with Crippen LogP contribution in [-0.2, 0) is 16.6 Å². The van der Waals surface area contributed by atoms with Crippen LogP contribution in [0.4, 0.5) is 4.39 Å². The summed E-state index contributed by atoms with van der Waals surface area (Å²) < 4.78 is 40.5. The maximum absolute atomic E-state index is 13.4. The molecule has 0 amide bonds. The van der Waals surface area contributed by atoms with Gasteiger partial charge in [-0.15, -0.1) is 0 Å². The average Bonchev–Trinajstić information content (AvgIpc) is 2.43. The van der Waals surface area contributed by atoms with E-state index in [-0.39, 0.29) is 10.8 Å². The molecule has 114 valence electrons. The van der Waals surface area contributed by atoms with Crippen molar-refractivity contribution in [3.63, 3.8) is 0 Å². The minimum Gasteiger partial charge on any atom is -0.313 e. The summed E-state index contributed by atoms with van der Waals surface area (Å²) in [5, 5.41) is 3.06. The third kappa shape index (κ3) is 4.85. The molecule has 1 aromatic carbocycles. The van der Waals surface area contributed by atoms with Crippen LogP contribution >= 0.6 is 0 Å². The zero-order valence-corrected chi connectivity index (χ0v) is 13.1. The van der Waals surface area contributed by atoms with Gasteiger partial charge < -0.3 is 5.32 Å². The Kier molecular flexibility index (Phi) is 6.58. The molecular weight excluding hydrogens is 279 g/mol. The zero-order chi connectivity index (χ0) is 15.2. The van der Waals surface area contributed by atoms with Crippen molar-refractivity contribution in [2.45, 2.75) is 38.6 Å². The van der Waals surface area contributed by atoms with E-state index in [1.165, 1.54) is 12.1 Å². The molecule has 0 spiro atoms. The van der Waals surface area contributed by atoms with Crippen molar-refractivity contribution >= 4 is 10.0 Å². The van der Waals surface area contributed by atoms with Crippen molar-refractivity contribution in [2.24, 2.45) is 5.92 Å². The van der Waals surface area contributed by atoms with Crippen LogP contribution < -0.4 is 10.0 Å². The molecule has 0 radical (unpaired) electrons. The van der Waals surface area contributed by atoms with E-state index in [1.807, 2.05) is 20.8 Å². The third-order valence-electron chi connectivity index (χ3n) is 3.20. The largest absolute Gasteiger partial charge is 0.313 e. The molecule has 0 aliphatic carbocycles. The Bertz CT molecular complexity index is 532. The lowest BCUT2D eigenvalue weighted by Gasteiger charge is -2.14. The summed E-state index contributed by atoms with van der Waals surface area (Å²) >= 11 is 0. The highest BCUT2D eigenvalue weighted by molar-refractivity contribution is 7.89. The number of nitrogens with one attached hydrogen (secondary N) is 2. The molecule has 0 aromatic heterocycles. The number of benzene rings is 1. The Morgan fingerprint density at radius 3 is 2.60 bits per heavy atom. The smallest absolute Gasteiger partial charge is 0.241 e. The minimum absolute atomic E-state index is 0.0155. The van der Waals surface area contributed by atoms with Gasteiger partial charge in [-0.05, 0) is 30.2 Å². The first-order valence-corrected chi connectivity index (χ1v) is 8.37. The predicted octanol–water partition coefficient (Wildman–Crippen LogP) is 2.26. The molecule has 6 heteroatoms. The van der Waals surface area contributed by atoms with Gasteiger partial charge in [0.1, 0.15) is 5.82 Å². The summed E-state index contributed by atoms with van der Waals surface area (Å²) in [6, 6.07) is 3.86. The monoisotopic (exact) mass is 302 g/mol. The molecule has 0 aliphatic heterocycles. The van der Waals surface area contributed by atoms with Crippen molar-refractivity contribution in [1.29, 1.82) is 0 Å². The second-order valence-corrected chi connectivity index (χ2v) is 6.63. The van der Waals surface area contributed by atoms with Crippen LogP contribution in [0.25, 0.3) is 0 Å². The van der Waals surface area contributed by atoms with Crippen LogP contribution in [0, 0.1) is 11.7 Å². The van der Waals surface area contributed by atoms with Gasteiger partial charge in [-0.2, -0.15) is 0 Å². The van der Waals surface area contributed by atoms with Gasteiger partial charge in [0, 0.05) is 13.1 Å². The molecule has 0 saturated carbocycles. The highest BCUT2D eigenvalue weighted by atomic mass is 32.2. The lowest BCUT2D eigenvalue weighted by Crippen LogP contribution is -2.29. The second kappa shape index (κ2) is 7.71. The molecular formula is C14H23FN2O2S. The van der Waals surface area contributed by atoms with Crippen LogP contribution in [-0.4, -0.2) is 21.5 Å². The first-order chi connectivity index (χ1) is 9.40. The van der Waals surface area contributed by atoms with E-state index in [9.17, 15) is 12.8 Å². The highest BCUT2D eigenvalue weighted by Crippen LogP contribution is 2.17. The Morgan fingerprint density at radius 1 is 1.30 bits per heavy atom. The number of sulfonamides is 1. The van der Waals surface area contributed by atoms with Crippen molar-refractivity contribution in [2.75, 3.05) is 13.1 Å². The van der Waals surface area contributed by atoms with Gasteiger partial charge in [0.05, 0.1) is 4.90 Å². The standard InChI is InChI=1S/C14H23FN2O2S/c1-4-11(3)9-17-20(18,19)14-8-13(15)7-6-12(14)10-16-5-2/h6-8,11,16-17H,4-5,9-10H2,1-3H3. The van der Waals surface area contributed by atoms with Crippen LogP contribution in [0.2, 0.25) is 0 Å². The second-order valence-electron chi connectivity index (χ2n) is 4.90. The molecule has 2 N–H and O–H groups in total. The summed E-state index contributed by atoms with van der Waals surface area (Å²) in [7, 11) is -3.68. The average molecular weight is 302 g/mol. The van der Waals surface area contributed by atoms with E-state index in [0.717, 1.165) is 19.0 Å². The molecule has 1 atom stereocenters. The van der Waals surface area contributed by atoms with E-state index in [4.69, 9.17) is 0 Å². The van der Waals surface area contributed by atoms with E-state index >= 15 is 0 Å². The third-order valence-corrected chi connectivity index (χ3v) is 4.71. The van der Waals surface area contributed by atoms with Crippen LogP contribution in [0.5, 0.6) is 0 Å². The van der Waals surface area contributed by atoms with Gasteiger partial charge in [-0.3, -0.25) is 0 Å². The molecule has 1 aromatic rings. The molecule has 0 bridgehead atoms. The number of halogens is 1. The van der Waals surface area contributed by atoms with Crippen molar-refractivity contribution < 1.29 is 12.8 Å². The number of hydrogen-bond acceptors (Lipinski definition) is 3. The lowest BCUT2D eigenvalue weighted by atomic mass is 10.1. The van der Waals surface area contributed by atoms with Crippen LogP contribution in [0.15, 0.2) is 23.1 Å². The zero-order valence-electron chi connectivity index (χ0n) is 12.2. The predicted molar refractivity (Wildman–Crippen MR) is 78.4 cm³/mol. The van der Waals surface area contributed by atoms with Gasteiger partial charge in [0.2, 0.25) is 10.0 Å². The normalized spacial score (nSPS) is 13.4. The highest BCUT2D eigenvalue weighted by Gasteiger charge is 2.19. The lowest BCUT2D eigenvalue weighted by molar-refractivity contribution is 0.526. The molecule has 0 aliphatic rings. The van der Waals surface area contributed by atoms with Gasteiger partial charge in [-0.1, -0.05) is 33.3 Å². The fourth-order valence-corrected chi connectivity index (χ4v) is 3.07. The minimum atomic E-state index is -3.68. The van der Waals surface area contributed by atoms with E-state index < -0.39 is 15.8 Å². The number of rotatable bonds is 8. The molecule has 1 rings (SSSR count).